The molecule has 1 atom stereocenters. The lowest BCUT2D eigenvalue weighted by Gasteiger charge is -2.26. The number of hydrogen-bond acceptors (Lipinski definition) is 1. The topological polar surface area (TPSA) is 27.1 Å². The summed E-state index contributed by atoms with van der Waals surface area (Å²) in [6, 6.07) is 10.3. The maximum Gasteiger partial charge on any atom is 0.128 e. The van der Waals surface area contributed by atoms with Gasteiger partial charge in [0.05, 0.1) is 0 Å². The van der Waals surface area contributed by atoms with Gasteiger partial charge in [0.2, 0.25) is 0 Å². The summed E-state index contributed by atoms with van der Waals surface area (Å²) in [4.78, 5) is 2.01. The molecule has 0 aromatic heterocycles. The van der Waals surface area contributed by atoms with Crippen molar-refractivity contribution in [2.75, 3.05) is 7.05 Å². The fraction of sp³-hybridized carbons (Fsp3) is 0.417. The normalized spacial score (nSPS) is 12.2. The Hall–Kier alpha value is -1.31. The van der Waals surface area contributed by atoms with Crippen molar-refractivity contribution >= 4 is 5.84 Å². The fourth-order valence-corrected chi connectivity index (χ4v) is 1.29. The molecule has 1 aromatic carbocycles. The van der Waals surface area contributed by atoms with Crippen LogP contribution in [0, 0.1) is 5.41 Å². The molecular formula is C12H18N2. The van der Waals surface area contributed by atoms with E-state index in [1.165, 1.54) is 0 Å². The minimum absolute atomic E-state index is 0.419. The second kappa shape index (κ2) is 4.80. The van der Waals surface area contributed by atoms with Gasteiger partial charge < -0.3 is 4.90 Å². The number of nitrogens with one attached hydrogen (secondary N) is 1. The first-order chi connectivity index (χ1) is 6.66. The van der Waals surface area contributed by atoms with Crippen molar-refractivity contribution in [2.45, 2.75) is 26.3 Å². The number of benzene rings is 1. The summed E-state index contributed by atoms with van der Waals surface area (Å²) in [6.07, 6.45) is 1.06. The van der Waals surface area contributed by atoms with Gasteiger partial charge in [-0.05, 0) is 13.3 Å². The molecule has 0 heterocycles. The van der Waals surface area contributed by atoms with E-state index in [0.717, 1.165) is 12.0 Å². The fourth-order valence-electron chi connectivity index (χ4n) is 1.29. The van der Waals surface area contributed by atoms with Gasteiger partial charge in [0, 0.05) is 18.7 Å². The molecule has 0 amide bonds. The Morgan fingerprint density at radius 1 is 1.36 bits per heavy atom. The molecule has 0 fully saturated rings. The zero-order valence-corrected chi connectivity index (χ0v) is 9.12. The standard InChI is InChI=1S/C12H18N2/c1-4-10(2)14(3)12(13)11-8-6-5-7-9-11/h5-10,13H,4H2,1-3H3. The van der Waals surface area contributed by atoms with Gasteiger partial charge in [-0.25, -0.2) is 0 Å². The van der Waals surface area contributed by atoms with Crippen LogP contribution in [0.5, 0.6) is 0 Å². The Morgan fingerprint density at radius 2 is 1.93 bits per heavy atom. The Bertz CT molecular complexity index is 292. The number of rotatable bonds is 3. The highest BCUT2D eigenvalue weighted by atomic mass is 15.2. The number of nitrogens with zero attached hydrogens (tertiary/aromatic N) is 1. The van der Waals surface area contributed by atoms with Crippen LogP contribution in [0.15, 0.2) is 30.3 Å². The van der Waals surface area contributed by atoms with Crippen LogP contribution in [-0.4, -0.2) is 23.8 Å². The van der Waals surface area contributed by atoms with Crippen LogP contribution >= 0.6 is 0 Å². The number of hydrogen-bond donors (Lipinski definition) is 1. The first kappa shape index (κ1) is 10.8. The average molecular weight is 190 g/mol. The van der Waals surface area contributed by atoms with Crippen molar-refractivity contribution in [3.8, 4) is 0 Å². The molecule has 0 spiro atoms. The summed E-state index contributed by atoms with van der Waals surface area (Å²) in [5.41, 5.74) is 0.982. The molecule has 0 saturated carbocycles. The molecule has 1 N–H and O–H groups in total. The lowest BCUT2D eigenvalue weighted by atomic mass is 10.1. The zero-order chi connectivity index (χ0) is 10.6. The largest absolute Gasteiger partial charge is 0.357 e. The van der Waals surface area contributed by atoms with Gasteiger partial charge in [-0.1, -0.05) is 37.3 Å². The predicted molar refractivity (Wildman–Crippen MR) is 60.8 cm³/mol. The smallest absolute Gasteiger partial charge is 0.128 e. The lowest BCUT2D eigenvalue weighted by molar-refractivity contribution is 0.379. The molecule has 1 rings (SSSR count). The molecular weight excluding hydrogens is 172 g/mol. The van der Waals surface area contributed by atoms with E-state index in [0.29, 0.717) is 11.9 Å². The van der Waals surface area contributed by atoms with Crippen LogP contribution in [0.3, 0.4) is 0 Å². The SMILES string of the molecule is CCC(C)N(C)C(=N)c1ccccc1. The summed E-state index contributed by atoms with van der Waals surface area (Å²) in [6.45, 7) is 4.27. The molecule has 76 valence electrons. The molecule has 2 nitrogen and oxygen atoms in total. The van der Waals surface area contributed by atoms with E-state index < -0.39 is 0 Å². The van der Waals surface area contributed by atoms with E-state index in [1.807, 2.05) is 42.3 Å². The van der Waals surface area contributed by atoms with Gasteiger partial charge in [-0.3, -0.25) is 5.41 Å². The summed E-state index contributed by atoms with van der Waals surface area (Å²) in [5.74, 6) is 0.597. The van der Waals surface area contributed by atoms with Crippen molar-refractivity contribution in [3.05, 3.63) is 35.9 Å². The molecule has 1 unspecified atom stereocenters. The van der Waals surface area contributed by atoms with Gasteiger partial charge in [0.15, 0.2) is 0 Å². The molecule has 0 saturated heterocycles. The Balaban J connectivity index is 2.76. The molecule has 0 aliphatic heterocycles. The van der Waals surface area contributed by atoms with Crippen molar-refractivity contribution < 1.29 is 0 Å². The van der Waals surface area contributed by atoms with E-state index in [2.05, 4.69) is 13.8 Å². The summed E-state index contributed by atoms with van der Waals surface area (Å²) >= 11 is 0. The van der Waals surface area contributed by atoms with Crippen LogP contribution in [0.4, 0.5) is 0 Å². The maximum atomic E-state index is 8.00. The number of amidine groups is 1. The van der Waals surface area contributed by atoms with Crippen LogP contribution in [-0.2, 0) is 0 Å². The minimum atomic E-state index is 0.419. The molecule has 0 aliphatic carbocycles. The molecule has 1 aromatic rings. The molecule has 14 heavy (non-hydrogen) atoms. The van der Waals surface area contributed by atoms with E-state index in [1.54, 1.807) is 0 Å². The van der Waals surface area contributed by atoms with Gasteiger partial charge in [0.1, 0.15) is 5.84 Å². The van der Waals surface area contributed by atoms with Gasteiger partial charge in [-0.15, -0.1) is 0 Å². The first-order valence-corrected chi connectivity index (χ1v) is 5.03. The third-order valence-electron chi connectivity index (χ3n) is 2.65. The van der Waals surface area contributed by atoms with Crippen molar-refractivity contribution in [1.82, 2.24) is 4.90 Å². The van der Waals surface area contributed by atoms with Gasteiger partial charge in [0.25, 0.3) is 0 Å². The van der Waals surface area contributed by atoms with Gasteiger partial charge >= 0.3 is 0 Å². The Labute approximate surface area is 86.1 Å². The Morgan fingerprint density at radius 3 is 2.43 bits per heavy atom. The molecule has 0 radical (unpaired) electrons. The second-order valence-electron chi connectivity index (χ2n) is 3.58. The van der Waals surface area contributed by atoms with Crippen LogP contribution in [0.25, 0.3) is 0 Å². The first-order valence-electron chi connectivity index (χ1n) is 5.03. The van der Waals surface area contributed by atoms with E-state index in [4.69, 9.17) is 5.41 Å². The molecule has 2 heteroatoms. The average Bonchev–Trinajstić information content (AvgIpc) is 2.27. The minimum Gasteiger partial charge on any atom is -0.357 e. The molecule has 0 aliphatic rings. The lowest BCUT2D eigenvalue weighted by Crippen LogP contribution is -2.34. The monoisotopic (exact) mass is 190 g/mol. The van der Waals surface area contributed by atoms with Crippen molar-refractivity contribution in [2.24, 2.45) is 0 Å². The molecule has 0 bridgehead atoms. The van der Waals surface area contributed by atoms with Crippen molar-refractivity contribution in [3.63, 3.8) is 0 Å². The Kier molecular flexibility index (Phi) is 3.69. The highest BCUT2D eigenvalue weighted by molar-refractivity contribution is 5.96. The third-order valence-corrected chi connectivity index (χ3v) is 2.65. The van der Waals surface area contributed by atoms with Crippen LogP contribution in [0.1, 0.15) is 25.8 Å². The highest BCUT2D eigenvalue weighted by Crippen LogP contribution is 2.07. The van der Waals surface area contributed by atoms with Gasteiger partial charge in [-0.2, -0.15) is 0 Å². The van der Waals surface area contributed by atoms with E-state index in [-0.39, 0.29) is 0 Å². The second-order valence-corrected chi connectivity index (χ2v) is 3.58. The maximum absolute atomic E-state index is 8.00. The van der Waals surface area contributed by atoms with E-state index in [9.17, 15) is 0 Å². The quantitative estimate of drug-likeness (QED) is 0.576. The highest BCUT2D eigenvalue weighted by Gasteiger charge is 2.11. The zero-order valence-electron chi connectivity index (χ0n) is 9.12. The van der Waals surface area contributed by atoms with Crippen LogP contribution in [0.2, 0.25) is 0 Å². The predicted octanol–water partition coefficient (Wildman–Crippen LogP) is 2.74. The van der Waals surface area contributed by atoms with Crippen molar-refractivity contribution in [1.29, 1.82) is 5.41 Å². The van der Waals surface area contributed by atoms with E-state index >= 15 is 0 Å². The summed E-state index contributed by atoms with van der Waals surface area (Å²) in [7, 11) is 1.98. The summed E-state index contributed by atoms with van der Waals surface area (Å²) in [5, 5.41) is 8.00. The third kappa shape index (κ3) is 2.34. The summed E-state index contributed by atoms with van der Waals surface area (Å²) < 4.78 is 0. The van der Waals surface area contributed by atoms with Crippen LogP contribution < -0.4 is 0 Å².